The lowest BCUT2D eigenvalue weighted by Gasteiger charge is -2.36. The van der Waals surface area contributed by atoms with E-state index in [0.29, 0.717) is 10.1 Å². The topological polar surface area (TPSA) is 3.24 Å². The molecule has 0 aromatic heterocycles. The van der Waals surface area contributed by atoms with Crippen LogP contribution in [0.4, 0.5) is 0 Å². The van der Waals surface area contributed by atoms with Gasteiger partial charge in [0.15, 0.2) is 0 Å². The van der Waals surface area contributed by atoms with E-state index in [1.165, 1.54) is 46.7 Å². The van der Waals surface area contributed by atoms with Gasteiger partial charge in [-0.2, -0.15) is 0 Å². The second-order valence-electron chi connectivity index (χ2n) is 7.24. The number of hydrogen-bond donors (Lipinski definition) is 0. The fourth-order valence-corrected chi connectivity index (χ4v) is 7.20. The Labute approximate surface area is 141 Å². The summed E-state index contributed by atoms with van der Waals surface area (Å²) in [5.41, 5.74) is 3.11. The van der Waals surface area contributed by atoms with Crippen LogP contribution in [0.15, 0.2) is 51.8 Å². The predicted molar refractivity (Wildman–Crippen MR) is 95.7 cm³/mol. The highest BCUT2D eigenvalue weighted by Gasteiger charge is 2.51. The molecule has 0 bridgehead atoms. The van der Waals surface area contributed by atoms with Crippen molar-refractivity contribution in [1.82, 2.24) is 4.90 Å². The highest BCUT2D eigenvalue weighted by Crippen LogP contribution is 2.68. The second kappa shape index (κ2) is 4.46. The number of likely N-dealkylation sites (N-methyl/N-ethyl adjacent to an activating group) is 1. The zero-order valence-electron chi connectivity index (χ0n) is 13.1. The van der Waals surface area contributed by atoms with Crippen molar-refractivity contribution in [2.75, 3.05) is 13.6 Å². The Hall–Kier alpha value is -0.640. The van der Waals surface area contributed by atoms with Gasteiger partial charge >= 0.3 is 0 Å². The van der Waals surface area contributed by atoms with Crippen molar-refractivity contribution >= 4 is 23.5 Å². The van der Waals surface area contributed by atoms with Crippen molar-refractivity contribution in [3.63, 3.8) is 0 Å². The van der Waals surface area contributed by atoms with Crippen LogP contribution in [0.2, 0.25) is 0 Å². The van der Waals surface area contributed by atoms with Crippen LogP contribution in [0.1, 0.15) is 31.7 Å². The molecule has 5 rings (SSSR count). The van der Waals surface area contributed by atoms with Gasteiger partial charge in [0.05, 0.1) is 4.08 Å². The van der Waals surface area contributed by atoms with Crippen LogP contribution in [-0.2, 0) is 5.41 Å². The smallest absolute Gasteiger partial charge is 0.0707 e. The maximum atomic E-state index is 2.52. The Balaban J connectivity index is 1.58. The minimum atomic E-state index is 0.188. The molecule has 22 heavy (non-hydrogen) atoms. The molecule has 2 fully saturated rings. The summed E-state index contributed by atoms with van der Waals surface area (Å²) in [6, 6.07) is 7.81. The van der Waals surface area contributed by atoms with Crippen LogP contribution in [0, 0.1) is 0 Å². The van der Waals surface area contributed by atoms with Gasteiger partial charge in [-0.3, -0.25) is 4.90 Å². The molecule has 3 heteroatoms. The van der Waals surface area contributed by atoms with E-state index in [9.17, 15) is 0 Å². The summed E-state index contributed by atoms with van der Waals surface area (Å²) in [5.74, 6) is 0. The van der Waals surface area contributed by atoms with E-state index in [0.717, 1.165) is 0 Å². The molecule has 2 heterocycles. The van der Waals surface area contributed by atoms with Crippen LogP contribution < -0.4 is 0 Å². The molecule has 1 saturated carbocycles. The molecule has 0 radical (unpaired) electrons. The molecule has 4 aliphatic rings. The Morgan fingerprint density at radius 1 is 1.14 bits per heavy atom. The minimum absolute atomic E-state index is 0.188. The molecule has 114 valence electrons. The van der Waals surface area contributed by atoms with Gasteiger partial charge in [-0.1, -0.05) is 29.9 Å². The monoisotopic (exact) mass is 327 g/mol. The molecule has 1 saturated heterocycles. The van der Waals surface area contributed by atoms with Gasteiger partial charge in [0.2, 0.25) is 0 Å². The van der Waals surface area contributed by atoms with Crippen molar-refractivity contribution in [3.05, 3.63) is 47.6 Å². The van der Waals surface area contributed by atoms with Gasteiger partial charge < -0.3 is 0 Å². The Morgan fingerprint density at radius 2 is 1.95 bits per heavy atom. The van der Waals surface area contributed by atoms with Crippen molar-refractivity contribution in [2.45, 2.75) is 51.5 Å². The van der Waals surface area contributed by atoms with Gasteiger partial charge in [-0.05, 0) is 57.5 Å². The van der Waals surface area contributed by atoms with E-state index >= 15 is 0 Å². The first-order chi connectivity index (χ1) is 10.6. The molecular weight excluding hydrogens is 306 g/mol. The molecule has 2 aliphatic carbocycles. The summed E-state index contributed by atoms with van der Waals surface area (Å²) in [6.07, 6.45) is 11.3. The average molecular weight is 328 g/mol. The standard InChI is InChI=1S/C19H21NS2/c1-13-5-6-18(9-10-20(2)17(18)11-13)14-3-4-15-16(12-14)22-19(21-15)7-8-19/h3-6,11-12,17H,7-10H2,1-2H3/t17-,18-/m0/s1. The van der Waals surface area contributed by atoms with E-state index < -0.39 is 0 Å². The maximum Gasteiger partial charge on any atom is 0.0707 e. The lowest BCUT2D eigenvalue weighted by molar-refractivity contribution is 0.317. The molecule has 0 amide bonds. The van der Waals surface area contributed by atoms with Crippen LogP contribution in [-0.4, -0.2) is 28.6 Å². The summed E-state index contributed by atoms with van der Waals surface area (Å²) < 4.78 is 0.517. The summed E-state index contributed by atoms with van der Waals surface area (Å²) in [5, 5.41) is 0. The van der Waals surface area contributed by atoms with Crippen molar-refractivity contribution < 1.29 is 0 Å². The lowest BCUT2D eigenvalue weighted by Crippen LogP contribution is -2.39. The number of fused-ring (bicyclic) bond motifs is 2. The van der Waals surface area contributed by atoms with Crippen molar-refractivity contribution in [1.29, 1.82) is 0 Å². The highest BCUT2D eigenvalue weighted by molar-refractivity contribution is 8.21. The van der Waals surface area contributed by atoms with Gasteiger partial charge in [0, 0.05) is 21.2 Å². The first-order valence-corrected chi connectivity index (χ1v) is 9.84. The van der Waals surface area contributed by atoms with Crippen LogP contribution in [0.3, 0.4) is 0 Å². The average Bonchev–Trinajstić information content (AvgIpc) is 3.02. The minimum Gasteiger partial charge on any atom is -0.299 e. The molecule has 0 unspecified atom stereocenters. The number of benzene rings is 1. The van der Waals surface area contributed by atoms with E-state index in [1.54, 1.807) is 0 Å². The fourth-order valence-electron chi connectivity index (χ4n) is 4.18. The Morgan fingerprint density at radius 3 is 2.77 bits per heavy atom. The van der Waals surface area contributed by atoms with Crippen LogP contribution in [0.25, 0.3) is 0 Å². The summed E-state index contributed by atoms with van der Waals surface area (Å²) in [7, 11) is 2.27. The zero-order valence-corrected chi connectivity index (χ0v) is 14.8. The molecule has 2 aliphatic heterocycles. The summed E-state index contributed by atoms with van der Waals surface area (Å²) in [4.78, 5) is 5.56. The number of rotatable bonds is 1. The largest absolute Gasteiger partial charge is 0.299 e. The Kier molecular flexibility index (Phi) is 2.79. The predicted octanol–water partition coefficient (Wildman–Crippen LogP) is 4.83. The maximum absolute atomic E-state index is 2.52. The zero-order chi connectivity index (χ0) is 14.9. The number of allylic oxidation sites excluding steroid dienone is 2. The number of hydrogen-bond acceptors (Lipinski definition) is 3. The second-order valence-corrected chi connectivity index (χ2v) is 10.3. The molecular formula is C19H21NS2. The first kappa shape index (κ1) is 13.8. The van der Waals surface area contributed by atoms with Crippen LogP contribution in [0.5, 0.6) is 0 Å². The third-order valence-electron chi connectivity index (χ3n) is 5.68. The lowest BCUT2D eigenvalue weighted by atomic mass is 9.71. The van der Waals surface area contributed by atoms with Gasteiger partial charge in [0.25, 0.3) is 0 Å². The van der Waals surface area contributed by atoms with Gasteiger partial charge in [-0.25, -0.2) is 0 Å². The first-order valence-electron chi connectivity index (χ1n) is 8.21. The van der Waals surface area contributed by atoms with Gasteiger partial charge in [0.1, 0.15) is 0 Å². The molecule has 0 N–H and O–H groups in total. The SMILES string of the molecule is CC1=C[C@@H]2N(C)CC[C@]2(c2ccc3c(c2)SC2(CC2)S3)C=C1. The van der Waals surface area contributed by atoms with E-state index in [2.05, 4.69) is 78.8 Å². The van der Waals surface area contributed by atoms with Crippen molar-refractivity contribution in [2.24, 2.45) is 0 Å². The molecule has 1 nitrogen and oxygen atoms in total. The van der Waals surface area contributed by atoms with Crippen LogP contribution >= 0.6 is 23.5 Å². The van der Waals surface area contributed by atoms with Gasteiger partial charge in [-0.15, -0.1) is 23.5 Å². The summed E-state index contributed by atoms with van der Waals surface area (Å²) in [6.45, 7) is 3.40. The fraction of sp³-hybridized carbons (Fsp3) is 0.474. The molecule has 2 atom stereocenters. The summed E-state index contributed by atoms with van der Waals surface area (Å²) >= 11 is 4.23. The number of nitrogens with zero attached hydrogens (tertiary/aromatic N) is 1. The van der Waals surface area contributed by atoms with E-state index in [1.807, 2.05) is 0 Å². The Bertz CT molecular complexity index is 716. The number of thioether (sulfide) groups is 2. The van der Waals surface area contributed by atoms with E-state index in [-0.39, 0.29) is 5.41 Å². The normalized spacial score (nSPS) is 34.6. The highest BCUT2D eigenvalue weighted by atomic mass is 32.2. The van der Waals surface area contributed by atoms with Crippen molar-refractivity contribution in [3.8, 4) is 0 Å². The third-order valence-corrected chi connectivity index (χ3v) is 9.00. The molecule has 1 aromatic rings. The number of likely N-dealkylation sites (tertiary alicyclic amines) is 1. The third kappa shape index (κ3) is 1.85. The molecule has 1 spiro atoms. The quantitative estimate of drug-likeness (QED) is 0.727. The van der Waals surface area contributed by atoms with E-state index in [4.69, 9.17) is 0 Å². The molecule has 1 aromatic carbocycles.